The van der Waals surface area contributed by atoms with E-state index >= 15 is 0 Å². The van der Waals surface area contributed by atoms with E-state index in [9.17, 15) is 14.7 Å². The topological polar surface area (TPSA) is 70.1 Å². The fraction of sp³-hybridized carbons (Fsp3) is 0.310. The smallest absolute Gasteiger partial charge is 0.409 e. The van der Waals surface area contributed by atoms with Gasteiger partial charge in [0.1, 0.15) is 6.61 Å². The Hall–Kier alpha value is -3.64. The quantitative estimate of drug-likeness (QED) is 0.590. The van der Waals surface area contributed by atoms with Gasteiger partial charge in [0.05, 0.1) is 12.6 Å². The van der Waals surface area contributed by atoms with Gasteiger partial charge in [0.25, 0.3) is 0 Å². The molecule has 35 heavy (non-hydrogen) atoms. The Morgan fingerprint density at radius 2 is 1.51 bits per heavy atom. The van der Waals surface area contributed by atoms with E-state index in [2.05, 4.69) is 24.3 Å². The number of rotatable bonds is 6. The van der Waals surface area contributed by atoms with Crippen LogP contribution in [0.25, 0.3) is 11.1 Å². The highest BCUT2D eigenvalue weighted by Gasteiger charge is 2.32. The van der Waals surface area contributed by atoms with E-state index in [1.807, 2.05) is 54.6 Å². The molecule has 0 aromatic heterocycles. The molecule has 0 unspecified atom stereocenters. The van der Waals surface area contributed by atoms with Gasteiger partial charge in [-0.25, -0.2) is 4.79 Å². The Kier molecular flexibility index (Phi) is 6.82. The molecule has 6 heteroatoms. The van der Waals surface area contributed by atoms with Crippen LogP contribution in [0.15, 0.2) is 78.9 Å². The maximum atomic E-state index is 13.0. The van der Waals surface area contributed by atoms with Gasteiger partial charge in [0.2, 0.25) is 5.91 Å². The number of amides is 2. The molecular weight excluding hydrogens is 440 g/mol. The lowest BCUT2D eigenvalue weighted by Gasteiger charge is -2.30. The van der Waals surface area contributed by atoms with Crippen molar-refractivity contribution >= 4 is 12.0 Å². The van der Waals surface area contributed by atoms with Crippen molar-refractivity contribution in [2.75, 3.05) is 32.8 Å². The van der Waals surface area contributed by atoms with Crippen LogP contribution in [0, 0.1) is 0 Å². The van der Waals surface area contributed by atoms with Crippen LogP contribution in [0.4, 0.5) is 4.79 Å². The number of fused-ring (bicyclic) bond motifs is 3. The Morgan fingerprint density at radius 1 is 0.886 bits per heavy atom. The molecule has 180 valence electrons. The lowest BCUT2D eigenvalue weighted by atomic mass is 9.98. The Morgan fingerprint density at radius 3 is 2.17 bits per heavy atom. The summed E-state index contributed by atoms with van der Waals surface area (Å²) >= 11 is 0. The normalized spacial score (nSPS) is 16.4. The summed E-state index contributed by atoms with van der Waals surface area (Å²) in [6, 6.07) is 26.0. The number of aliphatic hydroxyl groups is 1. The summed E-state index contributed by atoms with van der Waals surface area (Å²) < 4.78 is 5.80. The molecule has 2 amide bonds. The van der Waals surface area contributed by atoms with Crippen LogP contribution in [0.1, 0.15) is 29.0 Å². The fourth-order valence-corrected chi connectivity index (χ4v) is 5.25. The summed E-state index contributed by atoms with van der Waals surface area (Å²) in [5, 5.41) is 9.99. The summed E-state index contributed by atoms with van der Waals surface area (Å²) in [4.78, 5) is 29.2. The molecule has 2 aliphatic rings. The molecule has 1 atom stereocenters. The minimum atomic E-state index is -0.398. The van der Waals surface area contributed by atoms with E-state index in [0.717, 1.165) is 5.56 Å². The molecule has 0 saturated carbocycles. The summed E-state index contributed by atoms with van der Waals surface area (Å²) in [5.41, 5.74) is 5.79. The van der Waals surface area contributed by atoms with E-state index in [0.29, 0.717) is 26.1 Å². The standard InChI is InChI=1S/C29H30N2O4/c32-19-22(18-21-8-2-1-3-9-21)31-17-16-30(15-14-28(31)33)29(34)35-20-27-25-12-6-4-10-23(25)24-11-5-7-13-26(24)27/h1-13,22,27,32H,14-20H2/t22-/m0/s1. The first-order valence-electron chi connectivity index (χ1n) is 12.2. The molecule has 0 spiro atoms. The average molecular weight is 471 g/mol. The first kappa shape index (κ1) is 23.1. The highest BCUT2D eigenvalue weighted by Crippen LogP contribution is 2.44. The Labute approximate surface area is 205 Å². The zero-order valence-electron chi connectivity index (χ0n) is 19.7. The monoisotopic (exact) mass is 470 g/mol. The predicted octanol–water partition coefficient (Wildman–Crippen LogP) is 4.07. The lowest BCUT2D eigenvalue weighted by Crippen LogP contribution is -2.45. The van der Waals surface area contributed by atoms with E-state index < -0.39 is 6.09 Å². The molecule has 1 fully saturated rings. The number of aliphatic hydroxyl groups excluding tert-OH is 1. The maximum absolute atomic E-state index is 13.0. The minimum absolute atomic E-state index is 0.00102. The van der Waals surface area contributed by atoms with Gasteiger partial charge in [-0.1, -0.05) is 78.9 Å². The van der Waals surface area contributed by atoms with E-state index in [1.165, 1.54) is 22.3 Å². The van der Waals surface area contributed by atoms with E-state index in [4.69, 9.17) is 4.74 Å². The molecule has 1 heterocycles. The molecule has 1 aliphatic carbocycles. The Bertz CT molecular complexity index is 1150. The molecule has 6 nitrogen and oxygen atoms in total. The van der Waals surface area contributed by atoms with Gasteiger partial charge in [-0.15, -0.1) is 0 Å². The van der Waals surface area contributed by atoms with Gasteiger partial charge in [0, 0.05) is 32.0 Å². The molecule has 1 N–H and O–H groups in total. The number of benzene rings is 3. The molecule has 0 bridgehead atoms. The zero-order valence-corrected chi connectivity index (χ0v) is 19.7. The van der Waals surface area contributed by atoms with Crippen LogP contribution in [-0.4, -0.2) is 65.8 Å². The van der Waals surface area contributed by atoms with E-state index in [1.54, 1.807) is 9.80 Å². The lowest BCUT2D eigenvalue weighted by molar-refractivity contribution is -0.133. The van der Waals surface area contributed by atoms with Crippen LogP contribution in [0.3, 0.4) is 0 Å². The molecule has 3 aromatic carbocycles. The van der Waals surface area contributed by atoms with Crippen molar-refractivity contribution < 1.29 is 19.4 Å². The maximum Gasteiger partial charge on any atom is 0.409 e. The second kappa shape index (κ2) is 10.3. The first-order chi connectivity index (χ1) is 17.2. The van der Waals surface area contributed by atoms with Crippen LogP contribution in [0.2, 0.25) is 0 Å². The van der Waals surface area contributed by atoms with Gasteiger partial charge in [0.15, 0.2) is 0 Å². The van der Waals surface area contributed by atoms with Crippen LogP contribution >= 0.6 is 0 Å². The van der Waals surface area contributed by atoms with Crippen molar-refractivity contribution in [3.05, 3.63) is 95.6 Å². The number of hydrogen-bond donors (Lipinski definition) is 1. The molecule has 0 radical (unpaired) electrons. The van der Waals surface area contributed by atoms with Crippen LogP contribution in [-0.2, 0) is 16.0 Å². The number of nitrogens with zero attached hydrogens (tertiary/aromatic N) is 2. The second-order valence-electron chi connectivity index (χ2n) is 9.15. The van der Waals surface area contributed by atoms with Crippen molar-refractivity contribution in [2.45, 2.75) is 24.8 Å². The number of carbonyl (C=O) groups excluding carboxylic acids is 2. The van der Waals surface area contributed by atoms with Gasteiger partial charge in [-0.3, -0.25) is 4.79 Å². The number of hydrogen-bond acceptors (Lipinski definition) is 4. The van der Waals surface area contributed by atoms with Crippen molar-refractivity contribution in [3.63, 3.8) is 0 Å². The summed E-state index contributed by atoms with van der Waals surface area (Å²) in [7, 11) is 0. The summed E-state index contributed by atoms with van der Waals surface area (Å²) in [5.74, 6) is -0.0463. The van der Waals surface area contributed by atoms with E-state index in [-0.39, 0.29) is 37.5 Å². The Balaban J connectivity index is 1.22. The molecule has 1 aliphatic heterocycles. The summed E-state index contributed by atoms with van der Waals surface area (Å²) in [6.07, 6.45) is 0.397. The first-order valence-corrected chi connectivity index (χ1v) is 12.2. The minimum Gasteiger partial charge on any atom is -0.448 e. The van der Waals surface area contributed by atoms with Gasteiger partial charge < -0.3 is 19.6 Å². The molecule has 5 rings (SSSR count). The van der Waals surface area contributed by atoms with Gasteiger partial charge in [-0.05, 0) is 34.2 Å². The van der Waals surface area contributed by atoms with Crippen LogP contribution < -0.4 is 0 Å². The third-order valence-corrected chi connectivity index (χ3v) is 7.09. The van der Waals surface area contributed by atoms with Crippen molar-refractivity contribution in [3.8, 4) is 11.1 Å². The number of ether oxygens (including phenoxy) is 1. The van der Waals surface area contributed by atoms with Gasteiger partial charge >= 0.3 is 6.09 Å². The third-order valence-electron chi connectivity index (χ3n) is 7.09. The van der Waals surface area contributed by atoms with Crippen molar-refractivity contribution in [2.24, 2.45) is 0 Å². The molecule has 3 aromatic rings. The average Bonchev–Trinajstić information content (AvgIpc) is 3.09. The zero-order chi connectivity index (χ0) is 24.2. The number of carbonyl (C=O) groups is 2. The van der Waals surface area contributed by atoms with Crippen molar-refractivity contribution in [1.29, 1.82) is 0 Å². The summed E-state index contributed by atoms with van der Waals surface area (Å²) in [6.45, 7) is 1.21. The highest BCUT2D eigenvalue weighted by molar-refractivity contribution is 5.80. The predicted molar refractivity (Wildman–Crippen MR) is 134 cm³/mol. The fourth-order valence-electron chi connectivity index (χ4n) is 5.25. The molecular formula is C29H30N2O4. The largest absolute Gasteiger partial charge is 0.448 e. The van der Waals surface area contributed by atoms with Crippen LogP contribution in [0.5, 0.6) is 0 Å². The van der Waals surface area contributed by atoms with Crippen molar-refractivity contribution in [1.82, 2.24) is 9.80 Å². The second-order valence-corrected chi connectivity index (χ2v) is 9.15. The third kappa shape index (κ3) is 4.80. The van der Waals surface area contributed by atoms with Gasteiger partial charge in [-0.2, -0.15) is 0 Å². The highest BCUT2D eigenvalue weighted by atomic mass is 16.6. The molecule has 1 saturated heterocycles. The SMILES string of the molecule is O=C(OCC1c2ccccc2-c2ccccc21)N1CCC(=O)N([C@H](CO)Cc2ccccc2)CC1.